The second-order valence-corrected chi connectivity index (χ2v) is 8.46. The molecule has 2 aliphatic rings. The standard InChI is InChI=1S/C15H21N3O3.C10H14N2O.C2H6.CH4O/c1-15(16-2,14(20)17-10-19)9-18-7-11-4-5-13(21-3)6-12(11)8-18;1-8-2-3-9(10(11)13)5-7-12-6-4-8;2*1-2/h4-6,10,16H,7-9H2,1-3H3,(H,17,19,20);2-6,8,12H,7H2,1H3,(H2,11,13);1-2H3;2H,1H3/b;3-2-,6-4-,9-5+;;. The van der Waals surface area contributed by atoms with Gasteiger partial charge in [0, 0.05) is 38.9 Å². The number of ether oxygens (including phenoxy) is 1. The molecule has 2 atom stereocenters. The van der Waals surface area contributed by atoms with Crippen molar-refractivity contribution in [3.63, 3.8) is 0 Å². The number of hydrogen-bond donors (Lipinski definition) is 5. The van der Waals surface area contributed by atoms with Crippen LogP contribution in [-0.2, 0) is 27.5 Å². The third-order valence-corrected chi connectivity index (χ3v) is 5.81. The van der Waals surface area contributed by atoms with Crippen molar-refractivity contribution in [3.8, 4) is 5.75 Å². The van der Waals surface area contributed by atoms with Gasteiger partial charge in [-0.15, -0.1) is 0 Å². The molecule has 0 aromatic heterocycles. The summed E-state index contributed by atoms with van der Waals surface area (Å²) >= 11 is 0. The second-order valence-electron chi connectivity index (χ2n) is 8.46. The maximum Gasteiger partial charge on any atom is 0.248 e. The van der Waals surface area contributed by atoms with Gasteiger partial charge in [0.2, 0.25) is 18.2 Å². The van der Waals surface area contributed by atoms with E-state index >= 15 is 0 Å². The molecule has 0 radical (unpaired) electrons. The quantitative estimate of drug-likeness (QED) is 0.334. The second kappa shape index (κ2) is 18.7. The molecule has 0 bridgehead atoms. The number of aliphatic hydroxyl groups excluding tert-OH is 1. The monoisotopic (exact) mass is 531 g/mol. The Labute approximate surface area is 227 Å². The molecule has 2 unspecified atom stereocenters. The Hall–Kier alpha value is -3.47. The first-order chi connectivity index (χ1) is 18.2. The highest BCUT2D eigenvalue weighted by molar-refractivity contribution is 5.94. The largest absolute Gasteiger partial charge is 0.497 e. The molecule has 0 aliphatic carbocycles. The molecule has 212 valence electrons. The van der Waals surface area contributed by atoms with Crippen molar-refractivity contribution in [2.45, 2.75) is 46.3 Å². The van der Waals surface area contributed by atoms with Gasteiger partial charge in [-0.3, -0.25) is 24.6 Å². The molecule has 3 rings (SSSR count). The van der Waals surface area contributed by atoms with Crippen LogP contribution in [0, 0.1) is 5.92 Å². The van der Waals surface area contributed by atoms with Gasteiger partial charge in [-0.2, -0.15) is 0 Å². The topological polar surface area (TPSA) is 146 Å². The minimum atomic E-state index is -0.812. The van der Waals surface area contributed by atoms with Crippen LogP contribution in [0.3, 0.4) is 0 Å². The molecule has 2 aliphatic heterocycles. The fraction of sp³-hybridized carbons (Fsp3) is 0.464. The average molecular weight is 532 g/mol. The molecule has 10 heteroatoms. The molecular formula is C28H45N5O5. The molecule has 1 aromatic carbocycles. The lowest BCUT2D eigenvalue weighted by atomic mass is 10.0. The van der Waals surface area contributed by atoms with Gasteiger partial charge >= 0.3 is 0 Å². The zero-order valence-corrected chi connectivity index (χ0v) is 23.7. The number of benzene rings is 1. The molecule has 0 spiro atoms. The third kappa shape index (κ3) is 11.3. The SMILES string of the molecule is CC.CC1/C=C\NC/C=C(C(N)=O)\C=C/1.CNC(C)(CN1Cc2ccc(OC)cc2C1)C(=O)NC=O.CO. The number of allylic oxidation sites excluding steroid dienone is 2. The summed E-state index contributed by atoms with van der Waals surface area (Å²) in [4.78, 5) is 35.5. The van der Waals surface area contributed by atoms with Crippen molar-refractivity contribution in [2.24, 2.45) is 11.7 Å². The Morgan fingerprint density at radius 2 is 1.89 bits per heavy atom. The third-order valence-electron chi connectivity index (χ3n) is 5.81. The summed E-state index contributed by atoms with van der Waals surface area (Å²) in [7, 11) is 4.37. The van der Waals surface area contributed by atoms with Gasteiger partial charge in [-0.25, -0.2) is 0 Å². The van der Waals surface area contributed by atoms with Crippen molar-refractivity contribution in [3.05, 3.63) is 65.4 Å². The van der Waals surface area contributed by atoms with Crippen LogP contribution in [0.15, 0.2) is 54.3 Å². The fourth-order valence-electron chi connectivity index (χ4n) is 3.63. The zero-order valence-electron chi connectivity index (χ0n) is 23.7. The van der Waals surface area contributed by atoms with Gasteiger partial charge in [0.1, 0.15) is 11.3 Å². The minimum Gasteiger partial charge on any atom is -0.497 e. The average Bonchev–Trinajstić information content (AvgIpc) is 3.37. The zero-order chi connectivity index (χ0) is 29.1. The van der Waals surface area contributed by atoms with Crippen molar-refractivity contribution in [1.82, 2.24) is 20.9 Å². The molecule has 3 amide bonds. The van der Waals surface area contributed by atoms with Crippen LogP contribution in [0.5, 0.6) is 5.75 Å². The number of hydrogen-bond acceptors (Lipinski definition) is 8. The van der Waals surface area contributed by atoms with Gasteiger partial charge in [0.25, 0.3) is 0 Å². The molecule has 1 aromatic rings. The lowest BCUT2D eigenvalue weighted by molar-refractivity contribution is -0.130. The Balaban J connectivity index is 0.000000692. The molecule has 0 saturated carbocycles. The van der Waals surface area contributed by atoms with Gasteiger partial charge in [0.05, 0.1) is 7.11 Å². The highest BCUT2D eigenvalue weighted by Gasteiger charge is 2.35. The Morgan fingerprint density at radius 1 is 1.24 bits per heavy atom. The Morgan fingerprint density at radius 3 is 2.47 bits per heavy atom. The van der Waals surface area contributed by atoms with Crippen molar-refractivity contribution >= 4 is 18.2 Å². The summed E-state index contributed by atoms with van der Waals surface area (Å²) in [6.45, 7) is 10.5. The maximum absolute atomic E-state index is 12.0. The number of carbonyl (C=O) groups is 3. The van der Waals surface area contributed by atoms with E-state index in [0.717, 1.165) is 25.9 Å². The van der Waals surface area contributed by atoms with E-state index in [1.54, 1.807) is 33.2 Å². The first-order valence-electron chi connectivity index (χ1n) is 12.6. The van der Waals surface area contributed by atoms with Crippen LogP contribution in [0.4, 0.5) is 0 Å². The number of likely N-dealkylation sites (N-methyl/N-ethyl adjacent to an activating group) is 1. The number of rotatable bonds is 7. The van der Waals surface area contributed by atoms with Crippen LogP contribution in [0.1, 0.15) is 38.8 Å². The summed E-state index contributed by atoms with van der Waals surface area (Å²) in [5.41, 5.74) is 7.38. The first-order valence-corrected chi connectivity index (χ1v) is 12.6. The highest BCUT2D eigenvalue weighted by Crippen LogP contribution is 2.27. The van der Waals surface area contributed by atoms with Gasteiger partial charge < -0.3 is 26.2 Å². The molecule has 10 nitrogen and oxygen atoms in total. The molecular weight excluding hydrogens is 486 g/mol. The predicted octanol–water partition coefficient (Wildman–Crippen LogP) is 1.60. The maximum atomic E-state index is 12.0. The highest BCUT2D eigenvalue weighted by atomic mass is 16.5. The number of primary amides is 1. The van der Waals surface area contributed by atoms with Crippen LogP contribution < -0.4 is 26.4 Å². The van der Waals surface area contributed by atoms with Crippen molar-refractivity contribution < 1.29 is 24.2 Å². The summed E-state index contributed by atoms with van der Waals surface area (Å²) in [5.74, 6) is 0.444. The van der Waals surface area contributed by atoms with Crippen LogP contribution in [-0.4, -0.2) is 68.1 Å². The van der Waals surface area contributed by atoms with E-state index < -0.39 is 5.54 Å². The lowest BCUT2D eigenvalue weighted by Crippen LogP contribution is -2.58. The lowest BCUT2D eigenvalue weighted by Gasteiger charge is -2.31. The fourth-order valence-corrected chi connectivity index (χ4v) is 3.63. The molecule has 2 heterocycles. The van der Waals surface area contributed by atoms with Gasteiger partial charge in [0.15, 0.2) is 0 Å². The number of fused-ring (bicyclic) bond motifs is 1. The van der Waals surface area contributed by atoms with Crippen LogP contribution >= 0.6 is 0 Å². The number of carbonyl (C=O) groups excluding carboxylic acids is 3. The molecule has 0 fully saturated rings. The number of aliphatic hydroxyl groups is 1. The summed E-state index contributed by atoms with van der Waals surface area (Å²) in [5, 5.41) is 15.3. The van der Waals surface area contributed by atoms with E-state index in [1.165, 1.54) is 11.1 Å². The van der Waals surface area contributed by atoms with Gasteiger partial charge in [-0.05, 0) is 49.3 Å². The Kier molecular flexibility index (Phi) is 17.0. The predicted molar refractivity (Wildman–Crippen MR) is 151 cm³/mol. The van der Waals surface area contributed by atoms with E-state index in [-0.39, 0.29) is 11.8 Å². The molecule has 38 heavy (non-hydrogen) atoms. The molecule has 0 saturated heterocycles. The Bertz CT molecular complexity index is 976. The summed E-state index contributed by atoms with van der Waals surface area (Å²) in [6, 6.07) is 6.02. The van der Waals surface area contributed by atoms with E-state index in [0.29, 0.717) is 31.0 Å². The first kappa shape index (κ1) is 34.5. The van der Waals surface area contributed by atoms with Gasteiger partial charge in [-0.1, -0.05) is 51.1 Å². The summed E-state index contributed by atoms with van der Waals surface area (Å²) < 4.78 is 5.23. The van der Waals surface area contributed by atoms with E-state index in [2.05, 4.69) is 26.9 Å². The molecule has 6 N–H and O–H groups in total. The smallest absolute Gasteiger partial charge is 0.248 e. The van der Waals surface area contributed by atoms with E-state index in [1.807, 2.05) is 51.3 Å². The normalized spacial score (nSPS) is 20.3. The number of nitrogens with one attached hydrogen (secondary N) is 3. The van der Waals surface area contributed by atoms with Crippen LogP contribution in [0.25, 0.3) is 0 Å². The van der Waals surface area contributed by atoms with Crippen molar-refractivity contribution in [2.75, 3.05) is 34.4 Å². The van der Waals surface area contributed by atoms with E-state index in [9.17, 15) is 14.4 Å². The number of imide groups is 1. The summed E-state index contributed by atoms with van der Waals surface area (Å²) in [6.07, 6.45) is 9.82. The van der Waals surface area contributed by atoms with E-state index in [4.69, 9.17) is 15.6 Å². The number of amides is 3. The number of nitrogens with zero attached hydrogens (tertiary/aromatic N) is 1. The number of methoxy groups -OCH3 is 1. The van der Waals surface area contributed by atoms with Crippen molar-refractivity contribution in [1.29, 1.82) is 0 Å². The number of nitrogens with two attached hydrogens (primary N) is 1. The minimum absolute atomic E-state index is 0.313. The van der Waals surface area contributed by atoms with Crippen LogP contribution in [0.2, 0.25) is 0 Å².